The Morgan fingerprint density at radius 1 is 1.64 bits per heavy atom. The largest absolute Gasteiger partial charge is 0.387 e. The Labute approximate surface area is 89.8 Å². The minimum absolute atomic E-state index is 0.0393. The second-order valence-electron chi connectivity index (χ2n) is 2.99. The summed E-state index contributed by atoms with van der Waals surface area (Å²) >= 11 is 3.09. The van der Waals surface area contributed by atoms with Crippen molar-refractivity contribution in [3.63, 3.8) is 0 Å². The number of hydrogen-bond donors (Lipinski definition) is 1. The molecule has 0 amide bonds. The van der Waals surface area contributed by atoms with E-state index >= 15 is 0 Å². The Balaban J connectivity index is 3.22. The van der Waals surface area contributed by atoms with Crippen LogP contribution in [0.2, 0.25) is 0 Å². The molecule has 0 saturated heterocycles. The van der Waals surface area contributed by atoms with Crippen LogP contribution in [0.25, 0.3) is 0 Å². The molecule has 1 rings (SSSR count). The van der Waals surface area contributed by atoms with Crippen molar-refractivity contribution >= 4 is 21.6 Å². The Kier molecular flexibility index (Phi) is 3.60. The number of nitro benzene ring substituents is 1. The third kappa shape index (κ3) is 2.30. The van der Waals surface area contributed by atoms with E-state index in [1.807, 2.05) is 6.92 Å². The average molecular weight is 260 g/mol. The molecule has 0 spiro atoms. The number of hydrogen-bond acceptors (Lipinski definition) is 3. The highest BCUT2D eigenvalue weighted by molar-refractivity contribution is 9.09. The molecule has 0 saturated carbocycles. The van der Waals surface area contributed by atoms with E-state index in [4.69, 9.17) is 0 Å². The first-order valence-corrected chi connectivity index (χ1v) is 5.17. The molecule has 76 valence electrons. The van der Waals surface area contributed by atoms with Crippen molar-refractivity contribution in [2.45, 2.75) is 13.0 Å². The van der Waals surface area contributed by atoms with Crippen molar-refractivity contribution in [1.29, 1.82) is 0 Å². The normalized spacial score (nSPS) is 12.5. The van der Waals surface area contributed by atoms with Crippen molar-refractivity contribution in [1.82, 2.24) is 0 Å². The number of rotatable bonds is 3. The fourth-order valence-electron chi connectivity index (χ4n) is 1.19. The van der Waals surface area contributed by atoms with Crippen molar-refractivity contribution in [3.8, 4) is 0 Å². The molecule has 1 atom stereocenters. The summed E-state index contributed by atoms with van der Waals surface area (Å²) in [7, 11) is 0. The summed E-state index contributed by atoms with van der Waals surface area (Å²) in [6, 6.07) is 4.70. The van der Waals surface area contributed by atoms with E-state index < -0.39 is 11.0 Å². The highest BCUT2D eigenvalue weighted by Crippen LogP contribution is 2.27. The molecule has 0 aliphatic carbocycles. The molecule has 0 heterocycles. The van der Waals surface area contributed by atoms with Gasteiger partial charge in [-0.2, -0.15) is 0 Å². The van der Waals surface area contributed by atoms with Crippen molar-refractivity contribution in [2.75, 3.05) is 5.33 Å². The van der Waals surface area contributed by atoms with E-state index in [2.05, 4.69) is 15.9 Å². The van der Waals surface area contributed by atoms with Crippen LogP contribution in [0.1, 0.15) is 17.2 Å². The Morgan fingerprint density at radius 2 is 2.29 bits per heavy atom. The molecule has 1 unspecified atom stereocenters. The number of nitro groups is 1. The first-order valence-electron chi connectivity index (χ1n) is 4.05. The average Bonchev–Trinajstić information content (AvgIpc) is 2.16. The second kappa shape index (κ2) is 4.52. The Hall–Kier alpha value is -0.940. The number of halogens is 1. The molecule has 4 nitrogen and oxygen atoms in total. The summed E-state index contributed by atoms with van der Waals surface area (Å²) in [5.41, 5.74) is 1.21. The first kappa shape index (κ1) is 11.1. The zero-order chi connectivity index (χ0) is 10.7. The quantitative estimate of drug-likeness (QED) is 0.515. The molecule has 1 aromatic carbocycles. The molecule has 0 fully saturated rings. The van der Waals surface area contributed by atoms with Gasteiger partial charge in [-0.15, -0.1) is 0 Å². The molecule has 1 aromatic rings. The topological polar surface area (TPSA) is 63.4 Å². The van der Waals surface area contributed by atoms with Gasteiger partial charge in [-0.25, -0.2) is 0 Å². The zero-order valence-corrected chi connectivity index (χ0v) is 9.19. The first-order chi connectivity index (χ1) is 6.56. The fourth-order valence-corrected chi connectivity index (χ4v) is 1.54. The number of nitrogens with zero attached hydrogens (tertiary/aromatic N) is 1. The molecule has 0 aromatic heterocycles. The van der Waals surface area contributed by atoms with Gasteiger partial charge in [-0.3, -0.25) is 10.1 Å². The van der Waals surface area contributed by atoms with E-state index in [1.54, 1.807) is 12.1 Å². The predicted octanol–water partition coefficient (Wildman–Crippen LogP) is 2.33. The van der Waals surface area contributed by atoms with Gasteiger partial charge in [-0.1, -0.05) is 27.6 Å². The van der Waals surface area contributed by atoms with Gasteiger partial charge in [0.1, 0.15) is 0 Å². The van der Waals surface area contributed by atoms with Crippen LogP contribution < -0.4 is 0 Å². The summed E-state index contributed by atoms with van der Waals surface area (Å²) in [6.07, 6.45) is -0.838. The fraction of sp³-hybridized carbons (Fsp3) is 0.333. The molecule has 0 radical (unpaired) electrons. The summed E-state index contributed by atoms with van der Waals surface area (Å²) in [6.45, 7) is 1.83. The Morgan fingerprint density at radius 3 is 2.79 bits per heavy atom. The molecule has 14 heavy (non-hydrogen) atoms. The van der Waals surface area contributed by atoms with E-state index in [0.717, 1.165) is 5.56 Å². The van der Waals surface area contributed by atoms with Gasteiger partial charge in [0.05, 0.1) is 16.6 Å². The highest BCUT2D eigenvalue weighted by Gasteiger charge is 2.19. The highest BCUT2D eigenvalue weighted by atomic mass is 79.9. The van der Waals surface area contributed by atoms with Gasteiger partial charge >= 0.3 is 0 Å². The lowest BCUT2D eigenvalue weighted by Crippen LogP contribution is -2.03. The van der Waals surface area contributed by atoms with E-state index in [1.165, 1.54) is 6.07 Å². The van der Waals surface area contributed by atoms with E-state index in [9.17, 15) is 15.2 Å². The van der Waals surface area contributed by atoms with Crippen LogP contribution in [-0.4, -0.2) is 15.4 Å². The monoisotopic (exact) mass is 259 g/mol. The second-order valence-corrected chi connectivity index (χ2v) is 3.64. The van der Waals surface area contributed by atoms with Crippen LogP contribution in [0.4, 0.5) is 5.69 Å². The summed E-state index contributed by atoms with van der Waals surface area (Å²) < 4.78 is 0. The molecule has 5 heteroatoms. The standard InChI is InChI=1S/C9H10BrNO3/c1-6-2-3-8(11(13)14)7(4-6)9(12)5-10/h2-4,9,12H,5H2,1H3. The van der Waals surface area contributed by atoms with Crippen molar-refractivity contribution in [3.05, 3.63) is 39.4 Å². The minimum atomic E-state index is -0.838. The number of aliphatic hydroxyl groups excluding tert-OH is 1. The van der Waals surface area contributed by atoms with Gasteiger partial charge in [0.25, 0.3) is 5.69 Å². The van der Waals surface area contributed by atoms with Crippen LogP contribution in [0.5, 0.6) is 0 Å². The zero-order valence-electron chi connectivity index (χ0n) is 7.61. The van der Waals surface area contributed by atoms with Crippen LogP contribution in [0, 0.1) is 17.0 Å². The van der Waals surface area contributed by atoms with Crippen LogP contribution in [-0.2, 0) is 0 Å². The Bertz CT molecular complexity index is 354. The lowest BCUT2D eigenvalue weighted by atomic mass is 10.1. The van der Waals surface area contributed by atoms with Gasteiger partial charge in [0.15, 0.2) is 0 Å². The third-order valence-corrected chi connectivity index (χ3v) is 2.50. The molecule has 1 N–H and O–H groups in total. The summed E-state index contributed by atoms with van der Waals surface area (Å²) in [5.74, 6) is 0. The lowest BCUT2D eigenvalue weighted by molar-refractivity contribution is -0.386. The molecule has 0 aliphatic rings. The van der Waals surface area contributed by atoms with Crippen molar-refractivity contribution in [2.24, 2.45) is 0 Å². The summed E-state index contributed by atoms with van der Waals surface area (Å²) in [5, 5.41) is 20.5. The van der Waals surface area contributed by atoms with Gasteiger partial charge in [0.2, 0.25) is 0 Å². The van der Waals surface area contributed by atoms with Crippen molar-refractivity contribution < 1.29 is 10.0 Å². The number of aryl methyl sites for hydroxylation is 1. The molecule has 0 bridgehead atoms. The maximum Gasteiger partial charge on any atom is 0.275 e. The van der Waals surface area contributed by atoms with Gasteiger partial charge in [0, 0.05) is 11.4 Å². The minimum Gasteiger partial charge on any atom is -0.387 e. The smallest absolute Gasteiger partial charge is 0.275 e. The third-order valence-electron chi connectivity index (χ3n) is 1.88. The molecular formula is C9H10BrNO3. The predicted molar refractivity (Wildman–Crippen MR) is 56.6 cm³/mol. The van der Waals surface area contributed by atoms with E-state index in [0.29, 0.717) is 5.56 Å². The number of benzene rings is 1. The van der Waals surface area contributed by atoms with Crippen LogP contribution in [0.3, 0.4) is 0 Å². The number of alkyl halides is 1. The maximum absolute atomic E-state index is 10.6. The van der Waals surface area contributed by atoms with Crippen LogP contribution in [0.15, 0.2) is 18.2 Å². The van der Waals surface area contributed by atoms with Crippen LogP contribution >= 0.6 is 15.9 Å². The number of aliphatic hydroxyl groups is 1. The van der Waals surface area contributed by atoms with Gasteiger partial charge in [-0.05, 0) is 13.0 Å². The lowest BCUT2D eigenvalue weighted by Gasteiger charge is -2.08. The molecule has 0 aliphatic heterocycles. The maximum atomic E-state index is 10.6. The van der Waals surface area contributed by atoms with Gasteiger partial charge < -0.3 is 5.11 Å². The SMILES string of the molecule is Cc1ccc([N+](=O)[O-])c(C(O)CBr)c1. The van der Waals surface area contributed by atoms with E-state index in [-0.39, 0.29) is 11.0 Å². The summed E-state index contributed by atoms with van der Waals surface area (Å²) in [4.78, 5) is 10.1. The molecular weight excluding hydrogens is 250 g/mol.